The maximum absolute atomic E-state index is 10.5. The third-order valence-corrected chi connectivity index (χ3v) is 2.22. The molecule has 2 aromatic carbocycles. The van der Waals surface area contributed by atoms with Crippen molar-refractivity contribution < 1.29 is 0 Å². The van der Waals surface area contributed by atoms with Crippen molar-refractivity contribution in [2.75, 3.05) is 0 Å². The third-order valence-electron chi connectivity index (χ3n) is 2.22. The SMILES string of the molecule is Cc1ccc(N=O)c2ccccc12. The Labute approximate surface area is 76.2 Å². The molecule has 64 valence electrons. The Morgan fingerprint density at radius 1 is 1.00 bits per heavy atom. The quantitative estimate of drug-likeness (QED) is 0.603. The zero-order valence-corrected chi connectivity index (χ0v) is 7.32. The lowest BCUT2D eigenvalue weighted by Crippen LogP contribution is -1.77. The molecular formula is C11H9NO. The Bertz CT molecular complexity index is 463. The lowest BCUT2D eigenvalue weighted by Gasteiger charge is -2.02. The van der Waals surface area contributed by atoms with Crippen LogP contribution < -0.4 is 0 Å². The van der Waals surface area contributed by atoms with Crippen LogP contribution in [0.5, 0.6) is 0 Å². The van der Waals surface area contributed by atoms with Crippen molar-refractivity contribution in [1.29, 1.82) is 0 Å². The van der Waals surface area contributed by atoms with Gasteiger partial charge in [0.15, 0.2) is 0 Å². The molecule has 2 aromatic rings. The van der Waals surface area contributed by atoms with Crippen LogP contribution in [0.1, 0.15) is 5.56 Å². The van der Waals surface area contributed by atoms with E-state index in [1.54, 1.807) is 6.07 Å². The maximum Gasteiger partial charge on any atom is 0.115 e. The predicted molar refractivity (Wildman–Crippen MR) is 54.1 cm³/mol. The lowest BCUT2D eigenvalue weighted by atomic mass is 10.0. The summed E-state index contributed by atoms with van der Waals surface area (Å²) in [5, 5.41) is 5.01. The van der Waals surface area contributed by atoms with Gasteiger partial charge in [-0.2, -0.15) is 0 Å². The van der Waals surface area contributed by atoms with Crippen LogP contribution in [0.25, 0.3) is 10.8 Å². The molecule has 0 aliphatic rings. The van der Waals surface area contributed by atoms with E-state index in [0.717, 1.165) is 10.8 Å². The van der Waals surface area contributed by atoms with Crippen molar-refractivity contribution in [3.8, 4) is 0 Å². The minimum absolute atomic E-state index is 0.515. The molecule has 0 bridgehead atoms. The Kier molecular flexibility index (Phi) is 1.81. The highest BCUT2D eigenvalue weighted by Crippen LogP contribution is 2.27. The standard InChI is InChI=1S/C11H9NO/c1-8-6-7-11(12-13)10-5-3-2-4-9(8)10/h2-7H,1H3. The first-order valence-electron chi connectivity index (χ1n) is 4.14. The second kappa shape index (κ2) is 2.98. The van der Waals surface area contributed by atoms with Gasteiger partial charge in [-0.25, -0.2) is 0 Å². The van der Waals surface area contributed by atoms with Crippen molar-refractivity contribution >= 4 is 16.5 Å². The van der Waals surface area contributed by atoms with Crippen LogP contribution in [0.2, 0.25) is 0 Å². The zero-order valence-electron chi connectivity index (χ0n) is 7.32. The van der Waals surface area contributed by atoms with Crippen molar-refractivity contribution in [1.82, 2.24) is 0 Å². The highest BCUT2D eigenvalue weighted by molar-refractivity contribution is 5.94. The van der Waals surface area contributed by atoms with Gasteiger partial charge in [0.1, 0.15) is 5.69 Å². The lowest BCUT2D eigenvalue weighted by molar-refractivity contribution is 1.48. The van der Waals surface area contributed by atoms with Gasteiger partial charge in [0.25, 0.3) is 0 Å². The molecule has 0 N–H and O–H groups in total. The summed E-state index contributed by atoms with van der Waals surface area (Å²) in [4.78, 5) is 10.5. The van der Waals surface area contributed by atoms with Crippen molar-refractivity contribution in [3.05, 3.63) is 46.9 Å². The predicted octanol–water partition coefficient (Wildman–Crippen LogP) is 3.55. The van der Waals surface area contributed by atoms with Crippen LogP contribution in [0.15, 0.2) is 41.6 Å². The van der Waals surface area contributed by atoms with Crippen molar-refractivity contribution in [3.63, 3.8) is 0 Å². The van der Waals surface area contributed by atoms with E-state index in [4.69, 9.17) is 0 Å². The summed E-state index contributed by atoms with van der Waals surface area (Å²) < 4.78 is 0. The van der Waals surface area contributed by atoms with Gasteiger partial charge in [-0.05, 0) is 29.1 Å². The minimum atomic E-state index is 0.515. The molecule has 0 saturated heterocycles. The summed E-state index contributed by atoms with van der Waals surface area (Å²) in [5.41, 5.74) is 1.68. The van der Waals surface area contributed by atoms with E-state index in [-0.39, 0.29) is 0 Å². The van der Waals surface area contributed by atoms with Crippen LogP contribution in [0.4, 0.5) is 5.69 Å². The Morgan fingerprint density at radius 3 is 2.38 bits per heavy atom. The normalized spacial score (nSPS) is 10.2. The topological polar surface area (TPSA) is 29.4 Å². The smallest absolute Gasteiger partial charge is 0.115 e. The summed E-state index contributed by atoms with van der Waals surface area (Å²) in [6.07, 6.45) is 0. The monoisotopic (exact) mass is 171 g/mol. The second-order valence-corrected chi connectivity index (χ2v) is 3.04. The average molecular weight is 171 g/mol. The zero-order chi connectivity index (χ0) is 9.26. The molecule has 0 fully saturated rings. The fourth-order valence-corrected chi connectivity index (χ4v) is 1.51. The molecule has 0 aliphatic heterocycles. The van der Waals surface area contributed by atoms with Crippen molar-refractivity contribution in [2.45, 2.75) is 6.92 Å². The molecule has 0 saturated carbocycles. The van der Waals surface area contributed by atoms with E-state index >= 15 is 0 Å². The second-order valence-electron chi connectivity index (χ2n) is 3.04. The van der Waals surface area contributed by atoms with E-state index in [0.29, 0.717) is 5.69 Å². The average Bonchev–Trinajstić information content (AvgIpc) is 2.19. The van der Waals surface area contributed by atoms with Crippen LogP contribution in [0, 0.1) is 11.8 Å². The summed E-state index contributed by atoms with van der Waals surface area (Å²) in [7, 11) is 0. The largest absolute Gasteiger partial charge is 0.145 e. The first kappa shape index (κ1) is 7.92. The van der Waals surface area contributed by atoms with Crippen molar-refractivity contribution in [2.24, 2.45) is 5.18 Å². The minimum Gasteiger partial charge on any atom is -0.145 e. The number of rotatable bonds is 1. The summed E-state index contributed by atoms with van der Waals surface area (Å²) in [6, 6.07) is 11.5. The van der Waals surface area contributed by atoms with E-state index in [2.05, 4.69) is 5.18 Å². The van der Waals surface area contributed by atoms with Gasteiger partial charge in [0, 0.05) is 5.39 Å². The van der Waals surface area contributed by atoms with Crippen LogP contribution >= 0.6 is 0 Å². The van der Waals surface area contributed by atoms with Crippen LogP contribution in [-0.2, 0) is 0 Å². The van der Waals surface area contributed by atoms with Gasteiger partial charge in [-0.15, -0.1) is 4.91 Å². The molecule has 0 heterocycles. The highest BCUT2D eigenvalue weighted by atomic mass is 16.3. The summed E-state index contributed by atoms with van der Waals surface area (Å²) in [6.45, 7) is 2.02. The summed E-state index contributed by atoms with van der Waals surface area (Å²) >= 11 is 0. The first-order valence-corrected chi connectivity index (χ1v) is 4.14. The molecule has 0 unspecified atom stereocenters. The Hall–Kier alpha value is -1.70. The van der Waals surface area contributed by atoms with E-state index in [1.165, 1.54) is 5.56 Å². The summed E-state index contributed by atoms with van der Waals surface area (Å²) in [5.74, 6) is 0. The molecule has 0 atom stereocenters. The van der Waals surface area contributed by atoms with Gasteiger partial charge < -0.3 is 0 Å². The number of hydrogen-bond donors (Lipinski definition) is 0. The molecule has 0 aliphatic carbocycles. The number of benzene rings is 2. The fraction of sp³-hybridized carbons (Fsp3) is 0.0909. The molecular weight excluding hydrogens is 162 g/mol. The Morgan fingerprint density at radius 2 is 1.69 bits per heavy atom. The highest BCUT2D eigenvalue weighted by Gasteiger charge is 2.01. The van der Waals surface area contributed by atoms with E-state index < -0.39 is 0 Å². The van der Waals surface area contributed by atoms with Gasteiger partial charge in [0.05, 0.1) is 0 Å². The van der Waals surface area contributed by atoms with Gasteiger partial charge >= 0.3 is 0 Å². The van der Waals surface area contributed by atoms with Gasteiger partial charge in [-0.3, -0.25) is 0 Å². The van der Waals surface area contributed by atoms with E-state index in [9.17, 15) is 4.91 Å². The molecule has 0 radical (unpaired) electrons. The molecule has 0 spiro atoms. The van der Waals surface area contributed by atoms with Gasteiger partial charge in [0.2, 0.25) is 0 Å². The molecule has 2 heteroatoms. The molecule has 0 amide bonds. The first-order chi connectivity index (χ1) is 6.33. The third kappa shape index (κ3) is 1.20. The molecule has 0 aromatic heterocycles. The molecule has 13 heavy (non-hydrogen) atoms. The van der Waals surface area contributed by atoms with Gasteiger partial charge in [-0.1, -0.05) is 30.3 Å². The molecule has 2 nitrogen and oxygen atoms in total. The Balaban J connectivity index is 2.92. The van der Waals surface area contributed by atoms with Crippen LogP contribution in [-0.4, -0.2) is 0 Å². The van der Waals surface area contributed by atoms with E-state index in [1.807, 2.05) is 37.3 Å². The number of nitroso groups, excluding NO2 is 1. The number of hydrogen-bond acceptors (Lipinski definition) is 2. The maximum atomic E-state index is 10.5. The molecule has 2 rings (SSSR count). The van der Waals surface area contributed by atoms with Crippen LogP contribution in [0.3, 0.4) is 0 Å². The number of fused-ring (bicyclic) bond motifs is 1. The number of aryl methyl sites for hydroxylation is 1. The fourth-order valence-electron chi connectivity index (χ4n) is 1.51. The number of nitrogens with zero attached hydrogens (tertiary/aromatic N) is 1.